The molecule has 0 aliphatic heterocycles. The van der Waals surface area contributed by atoms with E-state index in [9.17, 15) is 4.79 Å². The van der Waals surface area contributed by atoms with Crippen LogP contribution in [-0.2, 0) is 11.3 Å². The van der Waals surface area contributed by atoms with Gasteiger partial charge in [-0.05, 0) is 36.9 Å². The van der Waals surface area contributed by atoms with Crippen LogP contribution in [0.4, 0.5) is 0 Å². The minimum Gasteiger partial charge on any atom is -0.497 e. The van der Waals surface area contributed by atoms with Crippen molar-refractivity contribution in [2.24, 2.45) is 0 Å². The van der Waals surface area contributed by atoms with Crippen LogP contribution in [0.15, 0.2) is 54.6 Å². The van der Waals surface area contributed by atoms with Crippen molar-refractivity contribution in [2.75, 3.05) is 33.9 Å². The number of carbonyl (C=O) groups excluding carboxylic acids is 1. The van der Waals surface area contributed by atoms with Crippen LogP contribution in [-0.4, -0.2) is 44.7 Å². The average molecular weight is 328 g/mol. The second-order valence-electron chi connectivity index (χ2n) is 5.53. The number of nitrogens with one attached hydrogen (secondary N) is 1. The van der Waals surface area contributed by atoms with E-state index in [1.807, 2.05) is 54.4 Å². The van der Waals surface area contributed by atoms with Crippen molar-refractivity contribution in [1.82, 2.24) is 10.2 Å². The van der Waals surface area contributed by atoms with Crippen molar-refractivity contribution >= 4 is 5.91 Å². The standard InChI is InChI=1S/C19H24N2O3/c1-21(14-16-6-4-3-5-7-16)15-19(22)20-12-13-24-18-10-8-17(23-2)9-11-18/h3-11H,12-15H2,1-2H3,(H,20,22). The number of hydrogen-bond donors (Lipinski definition) is 1. The van der Waals surface area contributed by atoms with E-state index < -0.39 is 0 Å². The summed E-state index contributed by atoms with van der Waals surface area (Å²) in [7, 11) is 3.56. The number of amides is 1. The molecule has 0 atom stereocenters. The Balaban J connectivity index is 1.62. The van der Waals surface area contributed by atoms with Gasteiger partial charge in [-0.3, -0.25) is 9.69 Å². The minimum absolute atomic E-state index is 0.00763. The number of benzene rings is 2. The van der Waals surface area contributed by atoms with Crippen molar-refractivity contribution in [3.63, 3.8) is 0 Å². The maximum absolute atomic E-state index is 11.9. The highest BCUT2D eigenvalue weighted by Gasteiger charge is 2.06. The number of likely N-dealkylation sites (N-methyl/N-ethyl adjacent to an activating group) is 1. The van der Waals surface area contributed by atoms with Gasteiger partial charge in [-0.15, -0.1) is 0 Å². The first kappa shape index (κ1) is 17.8. The Morgan fingerprint density at radius 3 is 2.38 bits per heavy atom. The molecule has 0 radical (unpaired) electrons. The van der Waals surface area contributed by atoms with E-state index in [1.54, 1.807) is 7.11 Å². The van der Waals surface area contributed by atoms with Crippen LogP contribution < -0.4 is 14.8 Å². The third-order valence-corrected chi connectivity index (χ3v) is 3.46. The second kappa shape index (κ2) is 9.57. The fraction of sp³-hybridized carbons (Fsp3) is 0.316. The van der Waals surface area contributed by atoms with E-state index in [0.29, 0.717) is 19.7 Å². The molecule has 0 saturated carbocycles. The molecule has 0 heterocycles. The molecule has 0 fully saturated rings. The molecule has 0 bridgehead atoms. The summed E-state index contributed by atoms with van der Waals surface area (Å²) in [5, 5.41) is 2.86. The van der Waals surface area contributed by atoms with Gasteiger partial charge in [0.05, 0.1) is 20.2 Å². The lowest BCUT2D eigenvalue weighted by atomic mass is 10.2. The van der Waals surface area contributed by atoms with E-state index in [-0.39, 0.29) is 5.91 Å². The predicted octanol–water partition coefficient (Wildman–Crippen LogP) is 2.32. The Morgan fingerprint density at radius 1 is 1.04 bits per heavy atom. The third kappa shape index (κ3) is 6.30. The zero-order chi connectivity index (χ0) is 17.2. The Kier molecular flexibility index (Phi) is 7.11. The fourth-order valence-electron chi connectivity index (χ4n) is 2.28. The molecular formula is C19H24N2O3. The van der Waals surface area contributed by atoms with Gasteiger partial charge < -0.3 is 14.8 Å². The molecule has 128 valence electrons. The first-order valence-electron chi connectivity index (χ1n) is 7.93. The maximum Gasteiger partial charge on any atom is 0.234 e. The molecule has 5 nitrogen and oxygen atoms in total. The number of ether oxygens (including phenoxy) is 2. The lowest BCUT2D eigenvalue weighted by molar-refractivity contribution is -0.122. The van der Waals surface area contributed by atoms with Crippen molar-refractivity contribution in [3.8, 4) is 11.5 Å². The van der Waals surface area contributed by atoms with Crippen LogP contribution in [0.1, 0.15) is 5.56 Å². The van der Waals surface area contributed by atoms with Crippen LogP contribution >= 0.6 is 0 Å². The number of rotatable bonds is 9. The van der Waals surface area contributed by atoms with Gasteiger partial charge in [-0.25, -0.2) is 0 Å². The highest BCUT2D eigenvalue weighted by molar-refractivity contribution is 5.77. The van der Waals surface area contributed by atoms with E-state index in [0.717, 1.165) is 18.0 Å². The fourth-order valence-corrected chi connectivity index (χ4v) is 2.28. The van der Waals surface area contributed by atoms with Gasteiger partial charge in [0.25, 0.3) is 0 Å². The van der Waals surface area contributed by atoms with Gasteiger partial charge in [0.15, 0.2) is 0 Å². The zero-order valence-electron chi connectivity index (χ0n) is 14.2. The summed E-state index contributed by atoms with van der Waals surface area (Å²) >= 11 is 0. The van der Waals surface area contributed by atoms with Crippen molar-refractivity contribution in [3.05, 3.63) is 60.2 Å². The number of methoxy groups -OCH3 is 1. The molecule has 5 heteroatoms. The molecule has 2 rings (SSSR count). The van der Waals surface area contributed by atoms with Crippen LogP contribution in [0.25, 0.3) is 0 Å². The summed E-state index contributed by atoms with van der Waals surface area (Å²) in [4.78, 5) is 13.9. The molecule has 24 heavy (non-hydrogen) atoms. The molecule has 2 aromatic rings. The van der Waals surface area contributed by atoms with E-state index in [2.05, 4.69) is 17.4 Å². The first-order valence-corrected chi connectivity index (χ1v) is 7.93. The lowest BCUT2D eigenvalue weighted by Crippen LogP contribution is -2.36. The molecule has 0 aromatic heterocycles. The summed E-state index contributed by atoms with van der Waals surface area (Å²) in [6.07, 6.45) is 0. The lowest BCUT2D eigenvalue weighted by Gasteiger charge is -2.16. The van der Waals surface area contributed by atoms with Gasteiger partial charge in [-0.2, -0.15) is 0 Å². The van der Waals surface area contributed by atoms with E-state index in [4.69, 9.17) is 9.47 Å². The van der Waals surface area contributed by atoms with Crippen LogP contribution in [0.2, 0.25) is 0 Å². The molecular weight excluding hydrogens is 304 g/mol. The number of hydrogen-bond acceptors (Lipinski definition) is 4. The Hall–Kier alpha value is -2.53. The molecule has 0 aliphatic rings. The van der Waals surface area contributed by atoms with E-state index in [1.165, 1.54) is 5.56 Å². The minimum atomic E-state index is -0.00763. The quantitative estimate of drug-likeness (QED) is 0.718. The number of carbonyl (C=O) groups is 1. The van der Waals surface area contributed by atoms with Crippen molar-refractivity contribution < 1.29 is 14.3 Å². The normalized spacial score (nSPS) is 10.5. The summed E-state index contributed by atoms with van der Waals surface area (Å²) in [5.41, 5.74) is 1.19. The Bertz CT molecular complexity index is 614. The largest absolute Gasteiger partial charge is 0.497 e. The summed E-state index contributed by atoms with van der Waals surface area (Å²) in [6, 6.07) is 17.5. The van der Waals surface area contributed by atoms with Crippen LogP contribution in [0, 0.1) is 0 Å². The molecule has 0 unspecified atom stereocenters. The van der Waals surface area contributed by atoms with Crippen LogP contribution in [0.5, 0.6) is 11.5 Å². The van der Waals surface area contributed by atoms with Gasteiger partial charge >= 0.3 is 0 Å². The van der Waals surface area contributed by atoms with Gasteiger partial charge in [-0.1, -0.05) is 30.3 Å². The third-order valence-electron chi connectivity index (χ3n) is 3.46. The van der Waals surface area contributed by atoms with Crippen molar-refractivity contribution in [2.45, 2.75) is 6.54 Å². The molecule has 0 aliphatic carbocycles. The van der Waals surface area contributed by atoms with E-state index >= 15 is 0 Å². The monoisotopic (exact) mass is 328 g/mol. The molecule has 0 spiro atoms. The topological polar surface area (TPSA) is 50.8 Å². The Labute approximate surface area is 143 Å². The predicted molar refractivity (Wildman–Crippen MR) is 94.3 cm³/mol. The molecule has 1 N–H and O–H groups in total. The molecule has 1 amide bonds. The molecule has 0 saturated heterocycles. The highest BCUT2D eigenvalue weighted by atomic mass is 16.5. The highest BCUT2D eigenvalue weighted by Crippen LogP contribution is 2.16. The smallest absolute Gasteiger partial charge is 0.234 e. The zero-order valence-corrected chi connectivity index (χ0v) is 14.2. The molecule has 2 aromatic carbocycles. The summed E-state index contributed by atoms with van der Waals surface area (Å²) in [5.74, 6) is 1.54. The van der Waals surface area contributed by atoms with Crippen molar-refractivity contribution in [1.29, 1.82) is 0 Å². The second-order valence-corrected chi connectivity index (χ2v) is 5.53. The average Bonchev–Trinajstić information content (AvgIpc) is 2.60. The van der Waals surface area contributed by atoms with Gasteiger partial charge in [0, 0.05) is 6.54 Å². The first-order chi connectivity index (χ1) is 11.7. The summed E-state index contributed by atoms with van der Waals surface area (Å²) < 4.78 is 10.7. The number of nitrogens with zero attached hydrogens (tertiary/aromatic N) is 1. The summed E-state index contributed by atoms with van der Waals surface area (Å²) in [6.45, 7) is 2.01. The van der Waals surface area contributed by atoms with Gasteiger partial charge in [0.1, 0.15) is 18.1 Å². The maximum atomic E-state index is 11.9. The SMILES string of the molecule is COc1ccc(OCCNC(=O)CN(C)Cc2ccccc2)cc1. The van der Waals surface area contributed by atoms with Gasteiger partial charge in [0.2, 0.25) is 5.91 Å². The van der Waals surface area contributed by atoms with Crippen LogP contribution in [0.3, 0.4) is 0 Å². The Morgan fingerprint density at radius 2 is 1.71 bits per heavy atom.